The summed E-state index contributed by atoms with van der Waals surface area (Å²) in [6.45, 7) is -0.553. The number of ether oxygens (including phenoxy) is 1. The van der Waals surface area contributed by atoms with Crippen LogP contribution in [0.1, 0.15) is 29.4 Å². The zero-order valence-electron chi connectivity index (χ0n) is 18.0. The fourth-order valence-corrected chi connectivity index (χ4v) is 4.59. The van der Waals surface area contributed by atoms with E-state index in [0.29, 0.717) is 0 Å². The van der Waals surface area contributed by atoms with Gasteiger partial charge in [-0.15, -0.1) is 0 Å². The number of phenolic OH excluding ortho intramolecular Hbond substituents is 1. The van der Waals surface area contributed by atoms with Crippen molar-refractivity contribution < 1.29 is 38.4 Å². The molecule has 2 unspecified atom stereocenters. The first-order chi connectivity index (χ1) is 16.7. The molecule has 0 radical (unpaired) electrons. The molecular weight excluding hydrogens is 484 g/mol. The van der Waals surface area contributed by atoms with Crippen LogP contribution in [0.25, 0.3) is 11.2 Å². The molecule has 1 aromatic carbocycles. The number of aromatic hydroxyl groups is 1. The summed E-state index contributed by atoms with van der Waals surface area (Å²) in [7, 11) is -4.62. The number of carbonyl (C=O) groups is 1. The highest BCUT2D eigenvalue weighted by atomic mass is 32.2. The molecule has 0 spiro atoms. The van der Waals surface area contributed by atoms with Gasteiger partial charge in [0.2, 0.25) is 0 Å². The quantitative estimate of drug-likeness (QED) is 0.210. The second kappa shape index (κ2) is 8.69. The van der Waals surface area contributed by atoms with Crippen LogP contribution in [0.5, 0.6) is 5.75 Å². The molecule has 1 aliphatic heterocycles. The third kappa shape index (κ3) is 4.28. The molecule has 1 saturated carbocycles. The van der Waals surface area contributed by atoms with Crippen molar-refractivity contribution in [1.82, 2.24) is 24.2 Å². The number of anilines is 1. The lowest BCUT2D eigenvalue weighted by atomic mass is 10.1. The number of nitrogens with one attached hydrogen (secondary N) is 2. The summed E-state index contributed by atoms with van der Waals surface area (Å²) < 4.78 is 34.7. The summed E-state index contributed by atoms with van der Waals surface area (Å²) >= 11 is 0. The van der Waals surface area contributed by atoms with Crippen molar-refractivity contribution in [2.45, 2.75) is 48.6 Å². The van der Waals surface area contributed by atoms with E-state index in [1.54, 1.807) is 0 Å². The third-order valence-corrected chi connectivity index (χ3v) is 6.84. The van der Waals surface area contributed by atoms with Crippen LogP contribution in [0.4, 0.5) is 5.82 Å². The Labute approximate surface area is 198 Å². The summed E-state index contributed by atoms with van der Waals surface area (Å²) in [6, 6.07) is 5.48. The van der Waals surface area contributed by atoms with Crippen LogP contribution in [0, 0.1) is 0 Å². The first-order valence-electron chi connectivity index (χ1n) is 10.7. The molecule has 186 valence electrons. The Bertz CT molecular complexity index is 1390. The minimum Gasteiger partial charge on any atom is -0.507 e. The summed E-state index contributed by atoms with van der Waals surface area (Å²) in [5, 5.41) is 42.1. The lowest BCUT2D eigenvalue weighted by molar-refractivity contribution is -0.0511. The van der Waals surface area contributed by atoms with E-state index < -0.39 is 58.0 Å². The van der Waals surface area contributed by atoms with Crippen molar-refractivity contribution in [1.29, 1.82) is 0 Å². The van der Waals surface area contributed by atoms with Gasteiger partial charge in [0.05, 0.1) is 18.5 Å². The van der Waals surface area contributed by atoms with E-state index in [4.69, 9.17) is 4.74 Å². The van der Waals surface area contributed by atoms with Gasteiger partial charge in [-0.1, -0.05) is 12.1 Å². The number of imidazole rings is 1. The predicted octanol–water partition coefficient (Wildman–Crippen LogP) is -1.16. The summed E-state index contributed by atoms with van der Waals surface area (Å²) in [6.07, 6.45) is -2.22. The number of benzene rings is 1. The van der Waals surface area contributed by atoms with Gasteiger partial charge >= 0.3 is 0 Å². The Hall–Kier alpha value is -3.37. The van der Waals surface area contributed by atoms with Gasteiger partial charge in [0.15, 0.2) is 23.2 Å². The number of para-hydroxylation sites is 1. The van der Waals surface area contributed by atoms with Crippen LogP contribution < -0.4 is 10.0 Å². The highest BCUT2D eigenvalue weighted by Gasteiger charge is 2.44. The molecule has 2 fully saturated rings. The van der Waals surface area contributed by atoms with Crippen molar-refractivity contribution in [2.75, 3.05) is 11.9 Å². The lowest BCUT2D eigenvalue weighted by Gasteiger charge is -2.17. The molecule has 1 amide bonds. The maximum atomic E-state index is 13.0. The first-order valence-corrected chi connectivity index (χ1v) is 12.2. The van der Waals surface area contributed by atoms with Crippen LogP contribution in [0.3, 0.4) is 0 Å². The smallest absolute Gasteiger partial charge is 0.300 e. The van der Waals surface area contributed by atoms with Gasteiger partial charge in [-0.25, -0.2) is 9.71 Å². The molecular formula is C20H22N6O8S. The lowest BCUT2D eigenvalue weighted by Crippen LogP contribution is -2.33. The van der Waals surface area contributed by atoms with Gasteiger partial charge in [0.25, 0.3) is 21.1 Å². The molecule has 6 N–H and O–H groups in total. The van der Waals surface area contributed by atoms with Gasteiger partial charge in [-0.05, 0) is 25.0 Å². The Kier molecular flexibility index (Phi) is 5.80. The zero-order chi connectivity index (χ0) is 24.9. The van der Waals surface area contributed by atoms with E-state index in [2.05, 4.69) is 20.3 Å². The third-order valence-electron chi connectivity index (χ3n) is 5.73. The van der Waals surface area contributed by atoms with Crippen LogP contribution in [-0.4, -0.2) is 85.2 Å². The van der Waals surface area contributed by atoms with E-state index in [-0.39, 0.29) is 28.6 Å². The predicted molar refractivity (Wildman–Crippen MR) is 118 cm³/mol. The number of aromatic nitrogens is 4. The van der Waals surface area contributed by atoms with Gasteiger partial charge < -0.3 is 30.5 Å². The van der Waals surface area contributed by atoms with Gasteiger partial charge in [-0.3, -0.25) is 9.36 Å². The molecule has 15 heteroatoms. The Morgan fingerprint density at radius 3 is 2.57 bits per heavy atom. The fraction of sp³-hybridized carbons (Fsp3) is 0.400. The monoisotopic (exact) mass is 506 g/mol. The van der Waals surface area contributed by atoms with E-state index in [9.17, 15) is 33.6 Å². The van der Waals surface area contributed by atoms with Crippen molar-refractivity contribution in [3.63, 3.8) is 0 Å². The van der Waals surface area contributed by atoms with Crippen LogP contribution in [0.2, 0.25) is 0 Å². The fourth-order valence-electron chi connectivity index (χ4n) is 3.72. The van der Waals surface area contributed by atoms with Crippen LogP contribution >= 0.6 is 0 Å². The van der Waals surface area contributed by atoms with E-state index in [1.807, 2.05) is 4.72 Å². The topological polar surface area (TPSA) is 209 Å². The van der Waals surface area contributed by atoms with E-state index in [0.717, 1.165) is 12.8 Å². The molecule has 0 bridgehead atoms. The Morgan fingerprint density at radius 1 is 1.17 bits per heavy atom. The number of aliphatic hydroxyl groups is 3. The summed E-state index contributed by atoms with van der Waals surface area (Å²) in [5.74, 6) is -1.39. The molecule has 5 rings (SSSR count). The molecule has 3 heterocycles. The SMILES string of the molecule is O=C(NS(=O)(=O)c1nc(NC2CC2)c2ncn([C@@H]3O[C@H](CO)C(O)C3O)c2n1)c1ccccc1O. The molecule has 35 heavy (non-hydrogen) atoms. The number of nitrogens with zero attached hydrogens (tertiary/aromatic N) is 4. The largest absolute Gasteiger partial charge is 0.507 e. The number of carbonyl (C=O) groups excluding carboxylic acids is 1. The van der Waals surface area contributed by atoms with Crippen molar-refractivity contribution in [3.05, 3.63) is 36.2 Å². The molecule has 4 atom stereocenters. The van der Waals surface area contributed by atoms with Crippen LogP contribution in [0.15, 0.2) is 35.7 Å². The number of phenols is 1. The highest BCUT2D eigenvalue weighted by molar-refractivity contribution is 7.89. The first kappa shape index (κ1) is 23.4. The zero-order valence-corrected chi connectivity index (χ0v) is 18.8. The van der Waals surface area contributed by atoms with E-state index in [1.165, 1.54) is 35.2 Å². The van der Waals surface area contributed by atoms with Gasteiger partial charge in [-0.2, -0.15) is 18.4 Å². The number of hydrogen-bond acceptors (Lipinski definition) is 12. The van der Waals surface area contributed by atoms with Gasteiger partial charge in [0, 0.05) is 6.04 Å². The number of hydrogen-bond donors (Lipinski definition) is 6. The Balaban J connectivity index is 1.56. The van der Waals surface area contributed by atoms with Crippen molar-refractivity contribution in [3.8, 4) is 5.75 Å². The average molecular weight is 506 g/mol. The second-order valence-corrected chi connectivity index (χ2v) is 9.85. The summed E-state index contributed by atoms with van der Waals surface area (Å²) in [5.41, 5.74) is -0.126. The van der Waals surface area contributed by atoms with Crippen LogP contribution in [-0.2, 0) is 14.8 Å². The van der Waals surface area contributed by atoms with Crippen molar-refractivity contribution in [2.24, 2.45) is 0 Å². The maximum Gasteiger partial charge on any atom is 0.300 e. The number of fused-ring (bicyclic) bond motifs is 1. The molecule has 3 aromatic rings. The number of sulfonamides is 1. The van der Waals surface area contributed by atoms with Gasteiger partial charge in [0.1, 0.15) is 24.1 Å². The molecule has 14 nitrogen and oxygen atoms in total. The number of rotatable bonds is 7. The molecule has 2 aliphatic rings. The minimum absolute atomic E-state index is 0.0478. The summed E-state index contributed by atoms with van der Waals surface area (Å²) in [4.78, 5) is 24.9. The molecule has 1 saturated heterocycles. The molecule has 2 aromatic heterocycles. The number of aliphatic hydroxyl groups excluding tert-OH is 3. The Morgan fingerprint density at radius 2 is 1.91 bits per heavy atom. The molecule has 1 aliphatic carbocycles. The number of amides is 1. The standard InChI is InChI=1S/C20H22N6O8S/c27-7-12-14(29)15(30)19(34-12)26-8-21-13-16(22-9-5-6-9)23-20(24-17(13)26)35(32,33)25-18(31)10-3-1-2-4-11(10)28/h1-4,8-9,12,14-15,19,27-30H,5-7H2,(H,25,31)(H,22,23,24)/t12-,14?,15?,19-/m1/s1. The van der Waals surface area contributed by atoms with Crippen molar-refractivity contribution >= 4 is 32.9 Å². The maximum absolute atomic E-state index is 13.0. The minimum atomic E-state index is -4.62. The second-order valence-electron chi connectivity index (χ2n) is 8.28. The highest BCUT2D eigenvalue weighted by Crippen LogP contribution is 2.34. The van der Waals surface area contributed by atoms with E-state index >= 15 is 0 Å². The normalized spacial score (nSPS) is 24.5. The average Bonchev–Trinajstić information content (AvgIpc) is 3.47.